The van der Waals surface area contributed by atoms with Crippen LogP contribution in [0, 0.1) is 0 Å². The SMILES string of the molecule is c1ccc(C(NCc2cnc(N3CCOCC3)s2)c2ccco2)cc1. The fraction of sp³-hybridized carbons (Fsp3) is 0.316. The molecular formula is C19H21N3O2S. The van der Waals surface area contributed by atoms with Crippen molar-refractivity contribution in [2.24, 2.45) is 0 Å². The average Bonchev–Trinajstić information content (AvgIpc) is 3.36. The summed E-state index contributed by atoms with van der Waals surface area (Å²) in [5, 5.41) is 4.68. The van der Waals surface area contributed by atoms with Gasteiger partial charge >= 0.3 is 0 Å². The fourth-order valence-electron chi connectivity index (χ4n) is 2.97. The van der Waals surface area contributed by atoms with E-state index < -0.39 is 0 Å². The predicted molar refractivity (Wildman–Crippen MR) is 99.0 cm³/mol. The van der Waals surface area contributed by atoms with Crippen molar-refractivity contribution in [1.29, 1.82) is 0 Å². The van der Waals surface area contributed by atoms with E-state index in [4.69, 9.17) is 9.15 Å². The summed E-state index contributed by atoms with van der Waals surface area (Å²) in [6.45, 7) is 4.14. The third-order valence-electron chi connectivity index (χ3n) is 4.26. The molecule has 0 aliphatic carbocycles. The highest BCUT2D eigenvalue weighted by Crippen LogP contribution is 2.26. The minimum Gasteiger partial charge on any atom is -0.467 e. The lowest BCUT2D eigenvalue weighted by atomic mass is 10.0. The van der Waals surface area contributed by atoms with E-state index in [0.29, 0.717) is 0 Å². The Hall–Kier alpha value is -2.15. The molecule has 1 saturated heterocycles. The highest BCUT2D eigenvalue weighted by Gasteiger charge is 2.18. The van der Waals surface area contributed by atoms with E-state index in [-0.39, 0.29) is 6.04 Å². The molecule has 1 aliphatic heterocycles. The first kappa shape index (κ1) is 16.3. The van der Waals surface area contributed by atoms with Gasteiger partial charge in [0.15, 0.2) is 5.13 Å². The average molecular weight is 355 g/mol. The van der Waals surface area contributed by atoms with Gasteiger partial charge in [0.2, 0.25) is 0 Å². The van der Waals surface area contributed by atoms with E-state index in [1.54, 1.807) is 17.6 Å². The minimum absolute atomic E-state index is 0.0325. The summed E-state index contributed by atoms with van der Waals surface area (Å²) >= 11 is 1.74. The van der Waals surface area contributed by atoms with Crippen LogP contribution in [0.5, 0.6) is 0 Å². The molecule has 6 heteroatoms. The van der Waals surface area contributed by atoms with Crippen LogP contribution >= 0.6 is 11.3 Å². The van der Waals surface area contributed by atoms with Crippen molar-refractivity contribution >= 4 is 16.5 Å². The van der Waals surface area contributed by atoms with Crippen LogP contribution < -0.4 is 10.2 Å². The van der Waals surface area contributed by atoms with Crippen molar-refractivity contribution in [3.05, 3.63) is 71.1 Å². The quantitative estimate of drug-likeness (QED) is 0.734. The van der Waals surface area contributed by atoms with Gasteiger partial charge in [0, 0.05) is 30.7 Å². The Bertz CT molecular complexity index is 767. The third kappa shape index (κ3) is 3.92. The molecule has 1 atom stereocenters. The van der Waals surface area contributed by atoms with Crippen LogP contribution in [0.4, 0.5) is 5.13 Å². The molecule has 4 rings (SSSR count). The van der Waals surface area contributed by atoms with E-state index in [1.807, 2.05) is 24.4 Å². The minimum atomic E-state index is 0.0325. The summed E-state index contributed by atoms with van der Waals surface area (Å²) in [7, 11) is 0. The zero-order valence-corrected chi connectivity index (χ0v) is 14.7. The van der Waals surface area contributed by atoms with Gasteiger partial charge in [-0.05, 0) is 17.7 Å². The highest BCUT2D eigenvalue weighted by atomic mass is 32.1. The lowest BCUT2D eigenvalue weighted by Crippen LogP contribution is -2.36. The highest BCUT2D eigenvalue weighted by molar-refractivity contribution is 7.15. The molecule has 2 aromatic heterocycles. The fourth-order valence-corrected chi connectivity index (χ4v) is 3.88. The Balaban J connectivity index is 1.45. The maximum Gasteiger partial charge on any atom is 0.185 e. The van der Waals surface area contributed by atoms with E-state index >= 15 is 0 Å². The second kappa shape index (κ2) is 7.82. The van der Waals surface area contributed by atoms with Crippen LogP contribution in [0.3, 0.4) is 0 Å². The number of benzene rings is 1. The van der Waals surface area contributed by atoms with E-state index in [2.05, 4.69) is 39.5 Å². The number of aromatic nitrogens is 1. The van der Waals surface area contributed by atoms with E-state index in [1.165, 1.54) is 10.4 Å². The van der Waals surface area contributed by atoms with Gasteiger partial charge in [-0.1, -0.05) is 30.3 Å². The number of rotatable bonds is 6. The van der Waals surface area contributed by atoms with Gasteiger partial charge in [-0.15, -0.1) is 11.3 Å². The number of hydrogen-bond donors (Lipinski definition) is 1. The van der Waals surface area contributed by atoms with Gasteiger partial charge in [0.05, 0.1) is 25.5 Å². The molecule has 1 aromatic carbocycles. The molecule has 0 saturated carbocycles. The molecular weight excluding hydrogens is 334 g/mol. The molecule has 3 heterocycles. The molecule has 1 fully saturated rings. The largest absolute Gasteiger partial charge is 0.467 e. The lowest BCUT2D eigenvalue weighted by Gasteiger charge is -2.26. The van der Waals surface area contributed by atoms with Crippen molar-refractivity contribution in [3.63, 3.8) is 0 Å². The molecule has 0 bridgehead atoms. The number of morpholine rings is 1. The molecule has 3 aromatic rings. The van der Waals surface area contributed by atoms with Crippen LogP contribution in [0.1, 0.15) is 22.2 Å². The second-order valence-corrected chi connectivity index (χ2v) is 7.04. The summed E-state index contributed by atoms with van der Waals surface area (Å²) in [5.74, 6) is 0.920. The zero-order valence-electron chi connectivity index (χ0n) is 13.9. The number of furan rings is 1. The molecule has 0 radical (unpaired) electrons. The summed E-state index contributed by atoms with van der Waals surface area (Å²) in [4.78, 5) is 8.09. The third-order valence-corrected chi connectivity index (χ3v) is 5.32. The normalized spacial score (nSPS) is 16.1. The van der Waals surface area contributed by atoms with Crippen LogP contribution in [0.15, 0.2) is 59.3 Å². The summed E-state index contributed by atoms with van der Waals surface area (Å²) in [5.41, 5.74) is 1.19. The predicted octanol–water partition coefficient (Wildman–Crippen LogP) is 3.45. The van der Waals surface area contributed by atoms with Gasteiger partial charge in [-0.2, -0.15) is 0 Å². The van der Waals surface area contributed by atoms with Crippen LogP contribution in [0.25, 0.3) is 0 Å². The number of ether oxygens (including phenoxy) is 1. The topological polar surface area (TPSA) is 50.5 Å². The lowest BCUT2D eigenvalue weighted by molar-refractivity contribution is 0.122. The van der Waals surface area contributed by atoms with Crippen molar-refractivity contribution in [1.82, 2.24) is 10.3 Å². The van der Waals surface area contributed by atoms with Crippen molar-refractivity contribution in [3.8, 4) is 0 Å². The van der Waals surface area contributed by atoms with Crippen molar-refractivity contribution < 1.29 is 9.15 Å². The van der Waals surface area contributed by atoms with Crippen LogP contribution in [0.2, 0.25) is 0 Å². The Morgan fingerprint density at radius 3 is 2.72 bits per heavy atom. The molecule has 25 heavy (non-hydrogen) atoms. The number of anilines is 1. The molecule has 5 nitrogen and oxygen atoms in total. The molecule has 1 N–H and O–H groups in total. The summed E-state index contributed by atoms with van der Waals surface area (Å²) in [6.07, 6.45) is 3.68. The monoisotopic (exact) mass is 355 g/mol. The Morgan fingerprint density at radius 1 is 1.12 bits per heavy atom. The number of nitrogens with one attached hydrogen (secondary N) is 1. The van der Waals surface area contributed by atoms with E-state index in [0.717, 1.165) is 43.7 Å². The van der Waals surface area contributed by atoms with Crippen LogP contribution in [-0.4, -0.2) is 31.3 Å². The molecule has 130 valence electrons. The standard InChI is InChI=1S/C19H21N3O2S/c1-2-5-15(6-3-1)18(17-7-4-10-24-17)20-13-16-14-21-19(25-16)22-8-11-23-12-9-22/h1-7,10,14,18,20H,8-9,11-13H2. The molecule has 1 unspecified atom stereocenters. The van der Waals surface area contributed by atoms with Crippen LogP contribution in [-0.2, 0) is 11.3 Å². The van der Waals surface area contributed by atoms with E-state index in [9.17, 15) is 0 Å². The molecule has 0 amide bonds. The zero-order chi connectivity index (χ0) is 16.9. The second-order valence-electron chi connectivity index (χ2n) is 5.95. The molecule has 0 spiro atoms. The summed E-state index contributed by atoms with van der Waals surface area (Å²) in [6, 6.07) is 14.3. The first-order valence-electron chi connectivity index (χ1n) is 8.49. The van der Waals surface area contributed by atoms with Gasteiger partial charge in [0.25, 0.3) is 0 Å². The Labute approximate surface area is 151 Å². The number of nitrogens with zero attached hydrogens (tertiary/aromatic N) is 2. The van der Waals surface area contributed by atoms with Gasteiger partial charge in [-0.3, -0.25) is 5.32 Å². The summed E-state index contributed by atoms with van der Waals surface area (Å²) < 4.78 is 11.1. The first-order chi connectivity index (χ1) is 12.4. The smallest absolute Gasteiger partial charge is 0.185 e. The molecule has 1 aliphatic rings. The first-order valence-corrected chi connectivity index (χ1v) is 9.31. The maximum atomic E-state index is 5.64. The van der Waals surface area contributed by atoms with Gasteiger partial charge < -0.3 is 14.1 Å². The van der Waals surface area contributed by atoms with Crippen molar-refractivity contribution in [2.75, 3.05) is 31.2 Å². The van der Waals surface area contributed by atoms with Crippen molar-refractivity contribution in [2.45, 2.75) is 12.6 Å². The van der Waals surface area contributed by atoms with Gasteiger partial charge in [-0.25, -0.2) is 4.98 Å². The van der Waals surface area contributed by atoms with Gasteiger partial charge in [0.1, 0.15) is 5.76 Å². The maximum absolute atomic E-state index is 5.64. The Kier molecular flexibility index (Phi) is 5.11. The number of thiazole rings is 1. The number of hydrogen-bond acceptors (Lipinski definition) is 6. The Morgan fingerprint density at radius 2 is 1.96 bits per heavy atom.